The number of aryl methyl sites for hydroxylation is 2. The largest absolute Gasteiger partial charge is 0.299 e. The molecular formula is C28H37O2. The summed E-state index contributed by atoms with van der Waals surface area (Å²) in [7, 11) is 0. The van der Waals surface area contributed by atoms with E-state index in [2.05, 4.69) is 55.5 Å². The van der Waals surface area contributed by atoms with Gasteiger partial charge in [0.05, 0.1) is 0 Å². The molecule has 0 saturated heterocycles. The Morgan fingerprint density at radius 2 is 1.63 bits per heavy atom. The molecule has 0 saturated carbocycles. The topological polar surface area (TPSA) is 34.1 Å². The van der Waals surface area contributed by atoms with Gasteiger partial charge in [0.25, 0.3) is 0 Å². The molecule has 2 aromatic rings. The van der Waals surface area contributed by atoms with E-state index in [1.165, 1.54) is 16.7 Å². The van der Waals surface area contributed by atoms with E-state index in [0.29, 0.717) is 24.4 Å². The average molecular weight is 406 g/mol. The Labute approximate surface area is 184 Å². The smallest absolute Gasteiger partial charge is 0.159 e. The van der Waals surface area contributed by atoms with Gasteiger partial charge in [0.15, 0.2) is 5.78 Å². The van der Waals surface area contributed by atoms with Crippen LogP contribution >= 0.6 is 0 Å². The molecule has 1 aliphatic carbocycles. The number of ketones is 2. The molecular weight excluding hydrogens is 368 g/mol. The second-order valence-electron chi connectivity index (χ2n) is 8.02. The maximum Gasteiger partial charge on any atom is 0.159 e. The molecule has 0 spiro atoms. The van der Waals surface area contributed by atoms with E-state index in [1.807, 2.05) is 44.5 Å². The summed E-state index contributed by atoms with van der Waals surface area (Å²) in [5.74, 6) is 0.796. The van der Waals surface area contributed by atoms with Crippen LogP contribution in [0.4, 0.5) is 0 Å². The van der Waals surface area contributed by atoms with Crippen LogP contribution in [0.25, 0.3) is 6.08 Å². The quantitative estimate of drug-likeness (QED) is 0.418. The number of carbonyl (C=O) groups excluding carboxylic acids is 2. The maximum atomic E-state index is 11.4. The van der Waals surface area contributed by atoms with Gasteiger partial charge in [0, 0.05) is 28.0 Å². The van der Waals surface area contributed by atoms with Gasteiger partial charge in [-0.1, -0.05) is 92.2 Å². The first-order chi connectivity index (χ1) is 14.5. The fraction of sp³-hybridized carbons (Fsp3) is 0.321. The number of Topliss-reactive ketones (excluding diaryl/α,β-unsaturated/α-hetero) is 2. The Morgan fingerprint density at radius 3 is 2.23 bits per heavy atom. The van der Waals surface area contributed by atoms with Crippen molar-refractivity contribution in [1.82, 2.24) is 0 Å². The molecule has 1 radical (unpaired) electrons. The van der Waals surface area contributed by atoms with Crippen LogP contribution in [0.3, 0.4) is 0 Å². The van der Waals surface area contributed by atoms with Gasteiger partial charge in [0.1, 0.15) is 5.78 Å². The van der Waals surface area contributed by atoms with E-state index >= 15 is 0 Å². The summed E-state index contributed by atoms with van der Waals surface area (Å²) >= 11 is 0. The molecule has 0 aliphatic heterocycles. The van der Waals surface area contributed by atoms with Crippen LogP contribution in [0.1, 0.15) is 59.1 Å². The van der Waals surface area contributed by atoms with Gasteiger partial charge >= 0.3 is 0 Å². The van der Waals surface area contributed by atoms with Gasteiger partial charge in [-0.05, 0) is 42.9 Å². The first kappa shape index (κ1) is 23.5. The lowest BCUT2D eigenvalue weighted by atomic mass is 10.0. The average Bonchev–Trinajstić information content (AvgIpc) is 3.59. The van der Waals surface area contributed by atoms with Crippen LogP contribution < -0.4 is 0 Å². The maximum absolute atomic E-state index is 11.4. The summed E-state index contributed by atoms with van der Waals surface area (Å²) in [5.41, 5.74) is 4.71. The third-order valence-electron chi connectivity index (χ3n) is 4.96. The van der Waals surface area contributed by atoms with E-state index in [4.69, 9.17) is 0 Å². The molecule has 0 N–H and O–H groups in total. The van der Waals surface area contributed by atoms with E-state index in [0.717, 1.165) is 24.8 Å². The van der Waals surface area contributed by atoms with Crippen LogP contribution in [0.5, 0.6) is 0 Å². The Kier molecular flexibility index (Phi) is 10.00. The molecule has 0 atom stereocenters. The lowest BCUT2D eigenvalue weighted by Gasteiger charge is -2.00. The lowest BCUT2D eigenvalue weighted by molar-refractivity contribution is -0.121. The molecule has 30 heavy (non-hydrogen) atoms. The molecule has 0 unspecified atom stereocenters. The Bertz CT molecular complexity index is 866. The summed E-state index contributed by atoms with van der Waals surface area (Å²) < 4.78 is 0. The predicted molar refractivity (Wildman–Crippen MR) is 130 cm³/mol. The summed E-state index contributed by atoms with van der Waals surface area (Å²) in [6, 6.07) is 18.7. The van der Waals surface area contributed by atoms with Gasteiger partial charge < -0.3 is 0 Å². The highest BCUT2D eigenvalue weighted by Gasteiger charge is 2.16. The number of rotatable bonds is 10. The summed E-state index contributed by atoms with van der Waals surface area (Å²) in [5, 5.41) is 0. The fourth-order valence-corrected chi connectivity index (χ4v) is 2.88. The van der Waals surface area contributed by atoms with Crippen molar-refractivity contribution < 1.29 is 12.4 Å². The fourth-order valence-electron chi connectivity index (χ4n) is 2.88. The standard InChI is InChI=1S/C14H15O.C14H18O.2H2/c1-11-5-7-12(8-6-11)3-2-4-14(15)13-9-10-13;1-12(2)14(15)11-7-6-10-13-8-4-3-5-9-13;;/h5-10H,2-4H2,1H3;3-6,8-10,12H,7,11H2,1-2H3;2*1H/b;10-6+;;. The van der Waals surface area contributed by atoms with Crippen LogP contribution in [-0.2, 0) is 16.0 Å². The first-order valence-electron chi connectivity index (χ1n) is 10.8. The zero-order valence-electron chi connectivity index (χ0n) is 18.4. The third-order valence-corrected chi connectivity index (χ3v) is 4.96. The van der Waals surface area contributed by atoms with Crippen LogP contribution in [-0.4, -0.2) is 11.6 Å². The highest BCUT2D eigenvalue weighted by Crippen LogP contribution is 2.20. The van der Waals surface area contributed by atoms with E-state index in [-0.39, 0.29) is 8.77 Å². The van der Waals surface area contributed by atoms with Crippen molar-refractivity contribution in [3.05, 3.63) is 95.4 Å². The van der Waals surface area contributed by atoms with Crippen molar-refractivity contribution >= 4 is 17.6 Å². The second-order valence-corrected chi connectivity index (χ2v) is 8.02. The molecule has 2 aromatic carbocycles. The van der Waals surface area contributed by atoms with Crippen molar-refractivity contribution in [3.63, 3.8) is 0 Å². The molecule has 3 rings (SSSR count). The van der Waals surface area contributed by atoms with Crippen molar-refractivity contribution in [2.24, 2.45) is 5.92 Å². The molecule has 0 fully saturated rings. The van der Waals surface area contributed by atoms with Gasteiger partial charge in [0.2, 0.25) is 0 Å². The van der Waals surface area contributed by atoms with Crippen molar-refractivity contribution in [3.8, 4) is 0 Å². The zero-order valence-corrected chi connectivity index (χ0v) is 18.4. The normalized spacial score (nSPS) is 12.3. The van der Waals surface area contributed by atoms with E-state index < -0.39 is 0 Å². The van der Waals surface area contributed by atoms with Crippen molar-refractivity contribution in [2.75, 3.05) is 0 Å². The molecule has 2 nitrogen and oxygen atoms in total. The Hall–Kier alpha value is -2.74. The van der Waals surface area contributed by atoms with Crippen molar-refractivity contribution in [2.45, 2.75) is 52.9 Å². The molecule has 0 bridgehead atoms. The summed E-state index contributed by atoms with van der Waals surface area (Å²) in [6.45, 7) is 5.98. The van der Waals surface area contributed by atoms with Gasteiger partial charge in [-0.3, -0.25) is 9.59 Å². The van der Waals surface area contributed by atoms with Crippen LogP contribution in [0, 0.1) is 19.3 Å². The molecule has 161 valence electrons. The minimum Gasteiger partial charge on any atom is -0.299 e. The Morgan fingerprint density at radius 1 is 0.967 bits per heavy atom. The first-order valence-corrected chi connectivity index (χ1v) is 10.8. The zero-order chi connectivity index (χ0) is 21.8. The van der Waals surface area contributed by atoms with Crippen molar-refractivity contribution in [1.29, 1.82) is 0 Å². The minimum absolute atomic E-state index is 0. The highest BCUT2D eigenvalue weighted by atomic mass is 16.1. The monoisotopic (exact) mass is 405 g/mol. The highest BCUT2D eigenvalue weighted by molar-refractivity contribution is 6.02. The van der Waals surface area contributed by atoms with Gasteiger partial charge in [-0.2, -0.15) is 0 Å². The SMILES string of the molecule is CC(C)C(=O)CC/C=C/c1ccccc1.Cc1ccc(CCCC(=O)C2=C[CH]2)cc1.[HH].[HH]. The van der Waals surface area contributed by atoms with Crippen LogP contribution in [0.2, 0.25) is 0 Å². The predicted octanol–water partition coefficient (Wildman–Crippen LogP) is 7.23. The molecule has 2 heteroatoms. The molecule has 1 aliphatic rings. The van der Waals surface area contributed by atoms with Gasteiger partial charge in [-0.15, -0.1) is 0 Å². The number of hydrogen-bond donors (Lipinski definition) is 0. The molecule has 0 heterocycles. The number of allylic oxidation sites excluding steroid dienone is 3. The minimum atomic E-state index is 0. The summed E-state index contributed by atoms with van der Waals surface area (Å²) in [4.78, 5) is 22.7. The molecule has 0 aromatic heterocycles. The van der Waals surface area contributed by atoms with Gasteiger partial charge in [-0.25, -0.2) is 0 Å². The third kappa shape index (κ3) is 9.65. The van der Waals surface area contributed by atoms with E-state index in [1.54, 1.807) is 0 Å². The number of hydrogen-bond acceptors (Lipinski definition) is 2. The number of benzene rings is 2. The van der Waals surface area contributed by atoms with Crippen LogP contribution in [0.15, 0.2) is 72.3 Å². The van der Waals surface area contributed by atoms with E-state index in [9.17, 15) is 9.59 Å². The second kappa shape index (κ2) is 12.7. The lowest BCUT2D eigenvalue weighted by Crippen LogP contribution is -2.05. The summed E-state index contributed by atoms with van der Waals surface area (Å²) in [6.07, 6.45) is 12.0. The molecule has 0 amide bonds. The Balaban J connectivity index is 0.000000565. The number of carbonyl (C=O) groups is 2.